The number of hydrogen-bond acceptors (Lipinski definition) is 6. The Morgan fingerprint density at radius 3 is 2.67 bits per heavy atom. The maximum Gasteiger partial charge on any atom is 0.276 e. The predicted molar refractivity (Wildman–Crippen MR) is 102 cm³/mol. The second-order valence-corrected chi connectivity index (χ2v) is 7.96. The van der Waals surface area contributed by atoms with Crippen molar-refractivity contribution in [2.45, 2.75) is 57.4 Å². The zero-order chi connectivity index (χ0) is 18.9. The number of amides is 1. The van der Waals surface area contributed by atoms with Crippen LogP contribution in [-0.4, -0.2) is 51.1 Å². The largest absolute Gasteiger partial charge is 0.360 e. The molecule has 0 aromatic carbocycles. The Kier molecular flexibility index (Phi) is 4.85. The number of anilines is 1. The highest BCUT2D eigenvalue weighted by atomic mass is 16.5. The first-order chi connectivity index (χ1) is 13.1. The van der Waals surface area contributed by atoms with Crippen molar-refractivity contribution < 1.29 is 9.32 Å². The minimum atomic E-state index is -0.0784. The summed E-state index contributed by atoms with van der Waals surface area (Å²) in [7, 11) is 0. The van der Waals surface area contributed by atoms with Gasteiger partial charge >= 0.3 is 0 Å². The number of carbonyl (C=O) groups excluding carboxylic acids is 1. The van der Waals surface area contributed by atoms with Gasteiger partial charge in [-0.3, -0.25) is 9.78 Å². The van der Waals surface area contributed by atoms with Crippen molar-refractivity contribution in [2.24, 2.45) is 0 Å². The summed E-state index contributed by atoms with van der Waals surface area (Å²) in [6, 6.07) is 1.81. The molecule has 144 valence electrons. The first-order valence-electron chi connectivity index (χ1n) is 9.89. The Labute approximate surface area is 159 Å². The monoisotopic (exact) mass is 369 g/mol. The van der Waals surface area contributed by atoms with Gasteiger partial charge in [0.25, 0.3) is 5.91 Å². The van der Waals surface area contributed by atoms with Crippen LogP contribution in [-0.2, 0) is 0 Å². The second kappa shape index (κ2) is 7.29. The maximum atomic E-state index is 13.2. The highest BCUT2D eigenvalue weighted by molar-refractivity contribution is 5.93. The van der Waals surface area contributed by atoms with Crippen LogP contribution in [0.2, 0.25) is 0 Å². The van der Waals surface area contributed by atoms with Crippen LogP contribution in [0.25, 0.3) is 0 Å². The third-order valence-electron chi connectivity index (χ3n) is 5.95. The molecule has 1 amide bonds. The van der Waals surface area contributed by atoms with Gasteiger partial charge in [0, 0.05) is 49.6 Å². The van der Waals surface area contributed by atoms with E-state index in [4.69, 9.17) is 4.52 Å². The summed E-state index contributed by atoms with van der Waals surface area (Å²) in [6.07, 6.45) is 10.4. The molecule has 2 saturated heterocycles. The molecule has 2 aromatic heterocycles. The Morgan fingerprint density at radius 1 is 1.15 bits per heavy atom. The average Bonchev–Trinajstić information content (AvgIpc) is 3.27. The highest BCUT2D eigenvalue weighted by Crippen LogP contribution is 2.39. The first-order valence-corrected chi connectivity index (χ1v) is 9.89. The van der Waals surface area contributed by atoms with Gasteiger partial charge in [-0.1, -0.05) is 19.0 Å². The topological polar surface area (TPSA) is 75.4 Å². The molecule has 0 saturated carbocycles. The lowest BCUT2D eigenvalue weighted by Gasteiger charge is -2.37. The number of aromatic nitrogens is 3. The van der Waals surface area contributed by atoms with Gasteiger partial charge in [-0.15, -0.1) is 0 Å². The van der Waals surface area contributed by atoms with Crippen LogP contribution in [0, 0.1) is 0 Å². The second-order valence-electron chi connectivity index (χ2n) is 7.96. The molecule has 0 aliphatic carbocycles. The lowest BCUT2D eigenvalue weighted by atomic mass is 9.87. The normalized spacial score (nSPS) is 23.2. The predicted octanol–water partition coefficient (Wildman–Crippen LogP) is 3.25. The van der Waals surface area contributed by atoms with E-state index in [0.29, 0.717) is 5.69 Å². The van der Waals surface area contributed by atoms with Crippen LogP contribution in [0.15, 0.2) is 29.2 Å². The SMILES string of the molecule is CC(C)c1cc(C(=O)N2CCC[C@]23CCCN(c2cnccn2)CC3)no1. The fourth-order valence-corrected chi connectivity index (χ4v) is 4.44. The van der Waals surface area contributed by atoms with Crippen LogP contribution in [0.3, 0.4) is 0 Å². The van der Waals surface area contributed by atoms with Crippen LogP contribution in [0.1, 0.15) is 68.1 Å². The van der Waals surface area contributed by atoms with Gasteiger partial charge < -0.3 is 14.3 Å². The van der Waals surface area contributed by atoms with Crippen LogP contribution in [0.4, 0.5) is 5.82 Å². The quantitative estimate of drug-likeness (QED) is 0.827. The van der Waals surface area contributed by atoms with Crippen LogP contribution in [0.5, 0.6) is 0 Å². The van der Waals surface area contributed by atoms with E-state index >= 15 is 0 Å². The minimum Gasteiger partial charge on any atom is -0.360 e. The van der Waals surface area contributed by atoms with Crippen molar-refractivity contribution in [3.8, 4) is 0 Å². The molecule has 1 atom stereocenters. The van der Waals surface area contributed by atoms with Gasteiger partial charge in [-0.25, -0.2) is 4.98 Å². The number of nitrogens with zero attached hydrogens (tertiary/aromatic N) is 5. The van der Waals surface area contributed by atoms with Crippen molar-refractivity contribution in [3.63, 3.8) is 0 Å². The first kappa shape index (κ1) is 17.9. The van der Waals surface area contributed by atoms with E-state index in [1.807, 2.05) is 26.1 Å². The molecule has 2 aromatic rings. The smallest absolute Gasteiger partial charge is 0.276 e. The Balaban J connectivity index is 1.52. The molecule has 2 aliphatic heterocycles. The molecule has 7 heteroatoms. The van der Waals surface area contributed by atoms with E-state index in [1.165, 1.54) is 0 Å². The average molecular weight is 369 g/mol. The molecule has 0 bridgehead atoms. The molecule has 4 heterocycles. The zero-order valence-electron chi connectivity index (χ0n) is 16.1. The van der Waals surface area contributed by atoms with E-state index in [-0.39, 0.29) is 17.4 Å². The van der Waals surface area contributed by atoms with E-state index in [9.17, 15) is 4.79 Å². The molecule has 1 spiro atoms. The van der Waals surface area contributed by atoms with Gasteiger partial charge in [-0.2, -0.15) is 0 Å². The summed E-state index contributed by atoms with van der Waals surface area (Å²) in [5, 5.41) is 4.05. The zero-order valence-corrected chi connectivity index (χ0v) is 16.1. The Bertz CT molecular complexity index is 791. The molecule has 27 heavy (non-hydrogen) atoms. The van der Waals surface area contributed by atoms with Gasteiger partial charge in [-0.05, 0) is 32.1 Å². The summed E-state index contributed by atoms with van der Waals surface area (Å²) in [5.74, 6) is 1.92. The van der Waals surface area contributed by atoms with Crippen molar-refractivity contribution in [3.05, 3.63) is 36.1 Å². The van der Waals surface area contributed by atoms with E-state index in [2.05, 4.69) is 24.9 Å². The van der Waals surface area contributed by atoms with Crippen molar-refractivity contribution >= 4 is 11.7 Å². The molecule has 0 N–H and O–H groups in total. The number of carbonyl (C=O) groups is 1. The summed E-state index contributed by atoms with van der Waals surface area (Å²) in [4.78, 5) is 26.2. The third kappa shape index (κ3) is 3.42. The summed E-state index contributed by atoms with van der Waals surface area (Å²) in [6.45, 7) is 6.72. The van der Waals surface area contributed by atoms with Crippen LogP contribution < -0.4 is 4.90 Å². The van der Waals surface area contributed by atoms with E-state index in [1.54, 1.807) is 12.4 Å². The van der Waals surface area contributed by atoms with Crippen LogP contribution >= 0.6 is 0 Å². The lowest BCUT2D eigenvalue weighted by Crippen LogP contribution is -2.48. The van der Waals surface area contributed by atoms with Crippen molar-refractivity contribution in [2.75, 3.05) is 24.5 Å². The molecule has 2 fully saturated rings. The van der Waals surface area contributed by atoms with Gasteiger partial charge in [0.15, 0.2) is 5.69 Å². The summed E-state index contributed by atoms with van der Waals surface area (Å²) in [5.41, 5.74) is 0.361. The standard InChI is InChI=1S/C20H27N5O2/c1-15(2)17-13-16(23-27-17)19(26)25-11-4-6-20(25)5-3-10-24(12-7-20)18-14-21-8-9-22-18/h8-9,13-15H,3-7,10-12H2,1-2H3/t20-/m0/s1. The van der Waals surface area contributed by atoms with Gasteiger partial charge in [0.2, 0.25) is 0 Å². The minimum absolute atomic E-state index is 0.0103. The third-order valence-corrected chi connectivity index (χ3v) is 5.95. The number of rotatable bonds is 3. The van der Waals surface area contributed by atoms with Crippen molar-refractivity contribution in [1.29, 1.82) is 0 Å². The lowest BCUT2D eigenvalue weighted by molar-refractivity contribution is 0.0555. The maximum absolute atomic E-state index is 13.2. The van der Waals surface area contributed by atoms with Gasteiger partial charge in [0.05, 0.1) is 6.20 Å². The van der Waals surface area contributed by atoms with E-state index in [0.717, 1.165) is 63.3 Å². The molecule has 0 unspecified atom stereocenters. The number of likely N-dealkylation sites (tertiary alicyclic amines) is 1. The number of hydrogen-bond donors (Lipinski definition) is 0. The molecule has 0 radical (unpaired) electrons. The fourth-order valence-electron chi connectivity index (χ4n) is 4.44. The molecule has 4 rings (SSSR count). The molecular formula is C20H27N5O2. The molecular weight excluding hydrogens is 342 g/mol. The summed E-state index contributed by atoms with van der Waals surface area (Å²) < 4.78 is 5.36. The highest BCUT2D eigenvalue weighted by Gasteiger charge is 2.45. The van der Waals surface area contributed by atoms with Crippen molar-refractivity contribution in [1.82, 2.24) is 20.0 Å². The molecule has 2 aliphatic rings. The Morgan fingerprint density at radius 2 is 1.96 bits per heavy atom. The van der Waals surface area contributed by atoms with E-state index < -0.39 is 0 Å². The molecule has 7 nitrogen and oxygen atoms in total. The van der Waals surface area contributed by atoms with Gasteiger partial charge in [0.1, 0.15) is 11.6 Å². The summed E-state index contributed by atoms with van der Waals surface area (Å²) >= 11 is 0. The fraction of sp³-hybridized carbons (Fsp3) is 0.600. The Hall–Kier alpha value is -2.44.